The average Bonchev–Trinajstić information content (AvgIpc) is 2.92. The number of ether oxygens (including phenoxy) is 1. The van der Waals surface area contributed by atoms with E-state index in [1.165, 1.54) is 12.1 Å². The molecule has 0 unspecified atom stereocenters. The zero-order valence-electron chi connectivity index (χ0n) is 7.27. The van der Waals surface area contributed by atoms with Crippen molar-refractivity contribution in [2.45, 2.75) is 18.9 Å². The number of hydrogen-bond donors (Lipinski definition) is 0. The van der Waals surface area contributed by atoms with Crippen molar-refractivity contribution >= 4 is 5.69 Å². The summed E-state index contributed by atoms with van der Waals surface area (Å²) in [5.41, 5.74) is -0.539. The second-order valence-corrected chi connectivity index (χ2v) is 3.16. The van der Waals surface area contributed by atoms with E-state index in [1.54, 1.807) is 0 Å². The highest BCUT2D eigenvalue weighted by atomic mass is 19.1. The molecule has 0 aliphatic heterocycles. The van der Waals surface area contributed by atoms with Gasteiger partial charge in [0.1, 0.15) is 0 Å². The van der Waals surface area contributed by atoms with Gasteiger partial charge in [0.25, 0.3) is 0 Å². The van der Waals surface area contributed by atoms with Crippen LogP contribution < -0.4 is 4.74 Å². The standard InChI is InChI=1S/C9H8FNO3/c10-9-7(11(12)13)2-1-3-8(9)14-6-4-5-6/h1-3,6H,4-5H2. The molecule has 0 radical (unpaired) electrons. The summed E-state index contributed by atoms with van der Waals surface area (Å²) in [6, 6.07) is 3.94. The maximum Gasteiger partial charge on any atom is 0.308 e. The summed E-state index contributed by atoms with van der Waals surface area (Å²) in [5.74, 6) is -0.911. The van der Waals surface area contributed by atoms with Crippen LogP contribution in [0.2, 0.25) is 0 Å². The molecule has 1 saturated carbocycles. The lowest BCUT2D eigenvalue weighted by molar-refractivity contribution is -0.387. The van der Waals surface area contributed by atoms with Gasteiger partial charge >= 0.3 is 5.69 Å². The summed E-state index contributed by atoms with van der Waals surface area (Å²) in [5, 5.41) is 10.4. The SMILES string of the molecule is O=[N+]([O-])c1cccc(OC2CC2)c1F. The molecule has 0 aromatic heterocycles. The van der Waals surface area contributed by atoms with E-state index in [-0.39, 0.29) is 11.9 Å². The third kappa shape index (κ3) is 1.66. The van der Waals surface area contributed by atoms with Gasteiger partial charge in [-0.25, -0.2) is 0 Å². The predicted molar refractivity (Wildman–Crippen MR) is 46.7 cm³/mol. The fraction of sp³-hybridized carbons (Fsp3) is 0.333. The first-order valence-electron chi connectivity index (χ1n) is 4.28. The van der Waals surface area contributed by atoms with E-state index in [1.807, 2.05) is 0 Å². The van der Waals surface area contributed by atoms with Gasteiger partial charge in [-0.1, -0.05) is 6.07 Å². The van der Waals surface area contributed by atoms with E-state index in [0.29, 0.717) is 0 Å². The molecule has 0 heterocycles. The van der Waals surface area contributed by atoms with E-state index in [9.17, 15) is 14.5 Å². The lowest BCUT2D eigenvalue weighted by Crippen LogP contribution is -2.00. The highest BCUT2D eigenvalue weighted by molar-refractivity contribution is 5.40. The number of hydrogen-bond acceptors (Lipinski definition) is 3. The van der Waals surface area contributed by atoms with Crippen molar-refractivity contribution in [1.29, 1.82) is 0 Å². The van der Waals surface area contributed by atoms with Crippen molar-refractivity contribution in [2.24, 2.45) is 0 Å². The molecule has 1 aliphatic rings. The molecule has 0 spiro atoms. The van der Waals surface area contributed by atoms with Crippen LogP contribution in [0.25, 0.3) is 0 Å². The van der Waals surface area contributed by atoms with Crippen LogP contribution in [0.3, 0.4) is 0 Å². The van der Waals surface area contributed by atoms with Gasteiger partial charge in [0, 0.05) is 6.07 Å². The molecule has 2 rings (SSSR count). The van der Waals surface area contributed by atoms with Crippen LogP contribution in [-0.4, -0.2) is 11.0 Å². The molecule has 1 aromatic rings. The van der Waals surface area contributed by atoms with Crippen LogP contribution in [0.4, 0.5) is 10.1 Å². The second kappa shape index (κ2) is 3.25. The predicted octanol–water partition coefficient (Wildman–Crippen LogP) is 2.28. The van der Waals surface area contributed by atoms with Crippen molar-refractivity contribution in [2.75, 3.05) is 0 Å². The molecular formula is C9H8FNO3. The van der Waals surface area contributed by atoms with Gasteiger partial charge in [-0.05, 0) is 18.9 Å². The number of nitro groups is 1. The third-order valence-electron chi connectivity index (χ3n) is 1.96. The average molecular weight is 197 g/mol. The molecule has 1 aromatic carbocycles. The zero-order valence-corrected chi connectivity index (χ0v) is 7.27. The second-order valence-electron chi connectivity index (χ2n) is 3.16. The fourth-order valence-corrected chi connectivity index (χ4v) is 1.10. The summed E-state index contributed by atoms with van der Waals surface area (Å²) in [6.07, 6.45) is 1.82. The van der Waals surface area contributed by atoms with Crippen molar-refractivity contribution in [3.63, 3.8) is 0 Å². The summed E-state index contributed by atoms with van der Waals surface area (Å²) < 4.78 is 18.5. The van der Waals surface area contributed by atoms with Crippen molar-refractivity contribution in [3.8, 4) is 5.75 Å². The molecule has 0 N–H and O–H groups in total. The van der Waals surface area contributed by atoms with E-state index >= 15 is 0 Å². The van der Waals surface area contributed by atoms with Crippen LogP contribution >= 0.6 is 0 Å². The minimum atomic E-state index is -0.885. The molecule has 4 nitrogen and oxygen atoms in total. The van der Waals surface area contributed by atoms with Crippen LogP contribution in [0.5, 0.6) is 5.75 Å². The number of benzene rings is 1. The maximum absolute atomic E-state index is 13.3. The maximum atomic E-state index is 13.3. The Morgan fingerprint density at radius 3 is 2.79 bits per heavy atom. The normalized spacial score (nSPS) is 15.2. The molecule has 14 heavy (non-hydrogen) atoms. The molecule has 5 heteroatoms. The third-order valence-corrected chi connectivity index (χ3v) is 1.96. The number of nitro benzene ring substituents is 1. The van der Waals surface area contributed by atoms with Gasteiger partial charge in [-0.15, -0.1) is 0 Å². The van der Waals surface area contributed by atoms with Gasteiger partial charge in [-0.2, -0.15) is 4.39 Å². The van der Waals surface area contributed by atoms with E-state index in [4.69, 9.17) is 4.74 Å². The molecule has 0 amide bonds. The van der Waals surface area contributed by atoms with Crippen molar-refractivity contribution in [1.82, 2.24) is 0 Å². The summed E-state index contributed by atoms with van der Waals surface area (Å²) >= 11 is 0. The van der Waals surface area contributed by atoms with Crippen molar-refractivity contribution < 1.29 is 14.1 Å². The smallest absolute Gasteiger partial charge is 0.308 e. The Morgan fingerprint density at radius 2 is 2.21 bits per heavy atom. The van der Waals surface area contributed by atoms with Gasteiger partial charge in [0.15, 0.2) is 5.75 Å². The van der Waals surface area contributed by atoms with Crippen LogP contribution in [0.1, 0.15) is 12.8 Å². The highest BCUT2D eigenvalue weighted by Gasteiger charge is 2.27. The number of rotatable bonds is 3. The molecule has 0 bridgehead atoms. The Kier molecular flexibility index (Phi) is 2.07. The topological polar surface area (TPSA) is 52.4 Å². The van der Waals surface area contributed by atoms with Crippen molar-refractivity contribution in [3.05, 3.63) is 34.1 Å². The monoisotopic (exact) mass is 197 g/mol. The fourth-order valence-electron chi connectivity index (χ4n) is 1.10. The Balaban J connectivity index is 2.30. The minimum Gasteiger partial charge on any atom is -0.487 e. The Bertz CT molecular complexity index is 376. The Labute approximate surface area is 79.5 Å². The molecule has 1 fully saturated rings. The number of halogens is 1. The first-order chi connectivity index (χ1) is 6.68. The Hall–Kier alpha value is -1.65. The molecular weight excluding hydrogens is 189 g/mol. The summed E-state index contributed by atoms with van der Waals surface area (Å²) in [6.45, 7) is 0. The Morgan fingerprint density at radius 1 is 1.50 bits per heavy atom. The molecule has 0 saturated heterocycles. The lowest BCUT2D eigenvalue weighted by atomic mass is 10.3. The first kappa shape index (κ1) is 8.93. The van der Waals surface area contributed by atoms with Crippen LogP contribution in [-0.2, 0) is 0 Å². The van der Waals surface area contributed by atoms with Gasteiger partial charge in [-0.3, -0.25) is 10.1 Å². The first-order valence-corrected chi connectivity index (χ1v) is 4.28. The van der Waals surface area contributed by atoms with Gasteiger partial charge in [0.2, 0.25) is 5.82 Å². The molecule has 74 valence electrons. The summed E-state index contributed by atoms with van der Waals surface area (Å²) in [7, 11) is 0. The van der Waals surface area contributed by atoms with E-state index in [0.717, 1.165) is 18.9 Å². The largest absolute Gasteiger partial charge is 0.487 e. The minimum absolute atomic E-state index is 0.0262. The quantitative estimate of drug-likeness (QED) is 0.551. The molecule has 0 atom stereocenters. The van der Waals surface area contributed by atoms with Gasteiger partial charge in [0.05, 0.1) is 11.0 Å². The number of nitrogens with zero attached hydrogens (tertiary/aromatic N) is 1. The lowest BCUT2D eigenvalue weighted by Gasteiger charge is -2.04. The highest BCUT2D eigenvalue weighted by Crippen LogP contribution is 2.31. The van der Waals surface area contributed by atoms with E-state index in [2.05, 4.69) is 0 Å². The molecule has 1 aliphatic carbocycles. The van der Waals surface area contributed by atoms with Crippen LogP contribution in [0, 0.1) is 15.9 Å². The van der Waals surface area contributed by atoms with Gasteiger partial charge < -0.3 is 4.74 Å². The summed E-state index contributed by atoms with van der Waals surface area (Å²) in [4.78, 5) is 9.63. The van der Waals surface area contributed by atoms with Crippen LogP contribution in [0.15, 0.2) is 18.2 Å². The zero-order chi connectivity index (χ0) is 10.1. The van der Waals surface area contributed by atoms with E-state index < -0.39 is 16.4 Å².